The maximum absolute atomic E-state index is 12.0. The molecule has 5 heteroatoms. The molecule has 0 heterocycles. The molecular formula is C21H39NO4. The standard InChI is InChI=1S/C21H39NO4/c1-4-5-6-7-8-9-10-11-12-13-14-15-21(25)22-20(16-18(2)23)17-26-19(3)24/h20H,4-17H2,1-3H3,(H,22,25)/t20-/m0/s1. The molecule has 1 atom stereocenters. The van der Waals surface area contributed by atoms with Crippen LogP contribution in [0.1, 0.15) is 104 Å². The molecule has 0 spiro atoms. The van der Waals surface area contributed by atoms with E-state index in [0.717, 1.165) is 12.8 Å². The summed E-state index contributed by atoms with van der Waals surface area (Å²) in [6.07, 6.45) is 14.4. The molecule has 0 aromatic heterocycles. The highest BCUT2D eigenvalue weighted by Gasteiger charge is 2.15. The van der Waals surface area contributed by atoms with Gasteiger partial charge in [0.05, 0.1) is 6.04 Å². The van der Waals surface area contributed by atoms with Crippen LogP contribution in [-0.4, -0.2) is 30.3 Å². The van der Waals surface area contributed by atoms with Gasteiger partial charge in [-0.2, -0.15) is 0 Å². The molecule has 0 saturated carbocycles. The van der Waals surface area contributed by atoms with Gasteiger partial charge >= 0.3 is 5.97 Å². The fourth-order valence-electron chi connectivity index (χ4n) is 2.97. The molecule has 26 heavy (non-hydrogen) atoms. The number of nitrogens with one attached hydrogen (secondary N) is 1. The third kappa shape index (κ3) is 17.4. The second-order valence-corrected chi connectivity index (χ2v) is 7.26. The lowest BCUT2D eigenvalue weighted by atomic mass is 10.1. The highest BCUT2D eigenvalue weighted by molar-refractivity contribution is 5.79. The zero-order valence-electron chi connectivity index (χ0n) is 17.1. The van der Waals surface area contributed by atoms with Crippen molar-refractivity contribution < 1.29 is 19.1 Å². The Labute approximate surface area is 159 Å². The molecule has 0 bridgehead atoms. The third-order valence-corrected chi connectivity index (χ3v) is 4.39. The van der Waals surface area contributed by atoms with Gasteiger partial charge in [0.25, 0.3) is 0 Å². The van der Waals surface area contributed by atoms with E-state index in [1.807, 2.05) is 0 Å². The molecule has 0 aliphatic rings. The topological polar surface area (TPSA) is 72.5 Å². The first-order valence-corrected chi connectivity index (χ1v) is 10.4. The Hall–Kier alpha value is -1.39. The highest BCUT2D eigenvalue weighted by Crippen LogP contribution is 2.12. The summed E-state index contributed by atoms with van der Waals surface area (Å²) >= 11 is 0. The molecule has 1 N–H and O–H groups in total. The molecular weight excluding hydrogens is 330 g/mol. The molecule has 0 radical (unpaired) electrons. The van der Waals surface area contributed by atoms with Gasteiger partial charge in [-0.1, -0.05) is 71.1 Å². The molecule has 0 saturated heterocycles. The number of esters is 1. The van der Waals surface area contributed by atoms with Crippen LogP contribution in [0.25, 0.3) is 0 Å². The summed E-state index contributed by atoms with van der Waals surface area (Å²) in [5, 5.41) is 2.80. The fourth-order valence-corrected chi connectivity index (χ4v) is 2.97. The summed E-state index contributed by atoms with van der Waals surface area (Å²) < 4.78 is 4.91. The predicted molar refractivity (Wildman–Crippen MR) is 105 cm³/mol. The van der Waals surface area contributed by atoms with Crippen molar-refractivity contribution in [3.05, 3.63) is 0 Å². The highest BCUT2D eigenvalue weighted by atomic mass is 16.5. The van der Waals surface area contributed by atoms with Crippen LogP contribution in [0.15, 0.2) is 0 Å². The lowest BCUT2D eigenvalue weighted by molar-refractivity contribution is -0.143. The number of ketones is 1. The minimum atomic E-state index is -0.420. The number of carbonyl (C=O) groups is 3. The van der Waals surface area contributed by atoms with Crippen LogP contribution in [0, 0.1) is 0 Å². The van der Waals surface area contributed by atoms with E-state index in [0.29, 0.717) is 6.42 Å². The van der Waals surface area contributed by atoms with Crippen LogP contribution in [-0.2, 0) is 19.1 Å². The minimum absolute atomic E-state index is 0.0304. The van der Waals surface area contributed by atoms with Crippen molar-refractivity contribution in [1.82, 2.24) is 5.32 Å². The minimum Gasteiger partial charge on any atom is -0.464 e. The van der Waals surface area contributed by atoms with Crippen molar-refractivity contribution in [2.45, 2.75) is 110 Å². The first-order valence-electron chi connectivity index (χ1n) is 10.4. The van der Waals surface area contributed by atoms with Crippen molar-refractivity contribution >= 4 is 17.7 Å². The smallest absolute Gasteiger partial charge is 0.302 e. The molecule has 0 aromatic carbocycles. The Morgan fingerprint density at radius 1 is 0.808 bits per heavy atom. The monoisotopic (exact) mass is 369 g/mol. The average molecular weight is 370 g/mol. The zero-order chi connectivity index (χ0) is 19.6. The first kappa shape index (κ1) is 24.6. The van der Waals surface area contributed by atoms with E-state index >= 15 is 0 Å². The summed E-state index contributed by atoms with van der Waals surface area (Å²) in [6.45, 7) is 5.08. The van der Waals surface area contributed by atoms with E-state index in [9.17, 15) is 14.4 Å². The Balaban J connectivity index is 3.66. The summed E-state index contributed by atoms with van der Waals surface area (Å²) in [4.78, 5) is 34.1. The Kier molecular flexibility index (Phi) is 16.1. The zero-order valence-corrected chi connectivity index (χ0v) is 17.1. The van der Waals surface area contributed by atoms with Crippen molar-refractivity contribution in [3.8, 4) is 0 Å². The number of hydrogen-bond acceptors (Lipinski definition) is 4. The SMILES string of the molecule is CCCCCCCCCCCCCC(=O)N[C@H](COC(C)=O)CC(C)=O. The number of amides is 1. The molecule has 0 aromatic rings. The van der Waals surface area contributed by atoms with Gasteiger partial charge in [-0.25, -0.2) is 0 Å². The van der Waals surface area contributed by atoms with Gasteiger partial charge in [0.1, 0.15) is 12.4 Å². The average Bonchev–Trinajstić information content (AvgIpc) is 2.57. The van der Waals surface area contributed by atoms with Crippen LogP contribution >= 0.6 is 0 Å². The number of unbranched alkanes of at least 4 members (excludes halogenated alkanes) is 10. The molecule has 0 aliphatic carbocycles. The lowest BCUT2D eigenvalue weighted by Crippen LogP contribution is -2.39. The Bertz CT molecular complexity index is 395. The summed E-state index contributed by atoms with van der Waals surface area (Å²) in [5.74, 6) is -0.505. The number of rotatable bonds is 17. The van der Waals surface area contributed by atoms with Crippen LogP contribution in [0.4, 0.5) is 0 Å². The first-order chi connectivity index (χ1) is 12.5. The number of hydrogen-bond donors (Lipinski definition) is 1. The number of carbonyl (C=O) groups excluding carboxylic acids is 3. The lowest BCUT2D eigenvalue weighted by Gasteiger charge is -2.17. The molecule has 0 unspecified atom stereocenters. The van der Waals surface area contributed by atoms with E-state index in [4.69, 9.17) is 4.74 Å². The molecule has 1 amide bonds. The van der Waals surface area contributed by atoms with Crippen LogP contribution in [0.3, 0.4) is 0 Å². The van der Waals surface area contributed by atoms with Crippen LogP contribution in [0.5, 0.6) is 0 Å². The molecule has 0 aliphatic heterocycles. The van der Waals surface area contributed by atoms with Gasteiger partial charge in [0.2, 0.25) is 5.91 Å². The molecule has 152 valence electrons. The largest absolute Gasteiger partial charge is 0.464 e. The second kappa shape index (κ2) is 17.0. The van der Waals surface area contributed by atoms with E-state index in [-0.39, 0.29) is 24.7 Å². The summed E-state index contributed by atoms with van der Waals surface area (Å²) in [7, 11) is 0. The Morgan fingerprint density at radius 3 is 1.77 bits per heavy atom. The van der Waals surface area contributed by atoms with Gasteiger partial charge in [0.15, 0.2) is 0 Å². The third-order valence-electron chi connectivity index (χ3n) is 4.39. The van der Waals surface area contributed by atoms with E-state index in [1.54, 1.807) is 0 Å². The second-order valence-electron chi connectivity index (χ2n) is 7.26. The van der Waals surface area contributed by atoms with E-state index in [1.165, 1.54) is 71.6 Å². The van der Waals surface area contributed by atoms with Crippen LogP contribution < -0.4 is 5.32 Å². The van der Waals surface area contributed by atoms with Crippen molar-refractivity contribution in [2.75, 3.05) is 6.61 Å². The van der Waals surface area contributed by atoms with Gasteiger partial charge in [0, 0.05) is 19.8 Å². The summed E-state index contributed by atoms with van der Waals surface area (Å²) in [5.41, 5.74) is 0. The number of Topliss-reactive ketones (excluding diaryl/α,β-unsaturated/α-hetero) is 1. The van der Waals surface area contributed by atoms with Gasteiger partial charge in [-0.15, -0.1) is 0 Å². The van der Waals surface area contributed by atoms with Crippen molar-refractivity contribution in [2.24, 2.45) is 0 Å². The maximum Gasteiger partial charge on any atom is 0.302 e. The van der Waals surface area contributed by atoms with Crippen molar-refractivity contribution in [3.63, 3.8) is 0 Å². The molecule has 0 fully saturated rings. The van der Waals surface area contributed by atoms with Gasteiger partial charge in [-0.05, 0) is 13.3 Å². The maximum atomic E-state index is 12.0. The van der Waals surface area contributed by atoms with E-state index in [2.05, 4.69) is 12.2 Å². The predicted octanol–water partition coefficient (Wildman–Crippen LogP) is 4.71. The Morgan fingerprint density at radius 2 is 1.31 bits per heavy atom. The van der Waals surface area contributed by atoms with Gasteiger partial charge in [-0.3, -0.25) is 14.4 Å². The molecule has 5 nitrogen and oxygen atoms in total. The quantitative estimate of drug-likeness (QED) is 0.297. The molecule has 0 rings (SSSR count). The van der Waals surface area contributed by atoms with Crippen molar-refractivity contribution in [1.29, 1.82) is 0 Å². The van der Waals surface area contributed by atoms with Gasteiger partial charge < -0.3 is 10.1 Å². The number of ether oxygens (including phenoxy) is 1. The van der Waals surface area contributed by atoms with E-state index < -0.39 is 12.0 Å². The normalized spacial score (nSPS) is 11.8. The fraction of sp³-hybridized carbons (Fsp3) is 0.857. The van der Waals surface area contributed by atoms with Crippen LogP contribution in [0.2, 0.25) is 0 Å². The summed E-state index contributed by atoms with van der Waals surface area (Å²) in [6, 6.07) is -0.420.